The Kier molecular flexibility index (Phi) is 4.90. The van der Waals surface area contributed by atoms with E-state index in [0.717, 1.165) is 17.3 Å². The molecule has 0 aromatic heterocycles. The number of aromatic carboxylic acids is 1. The summed E-state index contributed by atoms with van der Waals surface area (Å²) in [7, 11) is -2.28. The molecule has 0 saturated carbocycles. The zero-order chi connectivity index (χ0) is 16.3. The highest BCUT2D eigenvalue weighted by Crippen LogP contribution is 2.35. The van der Waals surface area contributed by atoms with Crippen molar-refractivity contribution in [3.63, 3.8) is 0 Å². The molecule has 2 rings (SSSR count). The first-order chi connectivity index (χ1) is 10.3. The molecule has 0 fully saturated rings. The fraction of sp³-hybridized carbons (Fsp3) is 0.133. The van der Waals surface area contributed by atoms with Crippen LogP contribution in [0.25, 0.3) is 0 Å². The largest absolute Gasteiger partial charge is 0.478 e. The zero-order valence-corrected chi connectivity index (χ0v) is 13.7. The average Bonchev–Trinajstić information content (AvgIpc) is 2.49. The van der Waals surface area contributed by atoms with Crippen LogP contribution in [-0.4, -0.2) is 26.5 Å². The van der Waals surface area contributed by atoms with Crippen LogP contribution < -0.4 is 4.72 Å². The highest BCUT2D eigenvalue weighted by molar-refractivity contribution is 8.00. The van der Waals surface area contributed by atoms with Gasteiger partial charge in [-0.15, -0.1) is 0 Å². The molecular weight excluding hydrogens is 322 g/mol. The third-order valence-electron chi connectivity index (χ3n) is 2.99. The minimum atomic E-state index is -3.62. The van der Waals surface area contributed by atoms with Crippen molar-refractivity contribution >= 4 is 27.8 Å². The number of nitrogens with one attached hydrogen (secondary N) is 1. The molecule has 116 valence electrons. The second kappa shape index (κ2) is 6.51. The molecule has 0 aliphatic rings. The predicted molar refractivity (Wildman–Crippen MR) is 84.9 cm³/mol. The second-order valence-electron chi connectivity index (χ2n) is 4.56. The monoisotopic (exact) mass is 337 g/mol. The van der Waals surface area contributed by atoms with E-state index in [2.05, 4.69) is 4.72 Å². The van der Waals surface area contributed by atoms with E-state index >= 15 is 0 Å². The molecule has 2 N–H and O–H groups in total. The summed E-state index contributed by atoms with van der Waals surface area (Å²) in [6, 6.07) is 11.5. The van der Waals surface area contributed by atoms with Crippen LogP contribution >= 0.6 is 11.8 Å². The van der Waals surface area contributed by atoms with Gasteiger partial charge in [0.2, 0.25) is 10.0 Å². The molecule has 0 spiro atoms. The standard InChI is InChI=1S/C15H15NO4S2/c1-10-7-8-13(14(9-10)22(19,20)16-2)21-12-6-4-3-5-11(12)15(17)18/h3-9,16H,1-2H3,(H,17,18). The zero-order valence-electron chi connectivity index (χ0n) is 12.0. The molecule has 0 aliphatic carbocycles. The van der Waals surface area contributed by atoms with Gasteiger partial charge in [-0.2, -0.15) is 0 Å². The molecular formula is C15H15NO4S2. The van der Waals surface area contributed by atoms with Gasteiger partial charge in [-0.25, -0.2) is 17.9 Å². The average molecular weight is 337 g/mol. The van der Waals surface area contributed by atoms with Crippen molar-refractivity contribution in [2.75, 3.05) is 7.05 Å². The first kappa shape index (κ1) is 16.5. The Morgan fingerprint density at radius 1 is 1.14 bits per heavy atom. The van der Waals surface area contributed by atoms with E-state index in [1.165, 1.54) is 13.1 Å². The van der Waals surface area contributed by atoms with Crippen molar-refractivity contribution in [1.29, 1.82) is 0 Å². The molecule has 2 aromatic rings. The summed E-state index contributed by atoms with van der Waals surface area (Å²) >= 11 is 1.12. The maximum absolute atomic E-state index is 12.1. The van der Waals surface area contributed by atoms with E-state index in [9.17, 15) is 18.3 Å². The summed E-state index contributed by atoms with van der Waals surface area (Å²) in [5, 5.41) is 9.22. The van der Waals surface area contributed by atoms with Crippen molar-refractivity contribution < 1.29 is 18.3 Å². The fourth-order valence-electron chi connectivity index (χ4n) is 1.87. The quantitative estimate of drug-likeness (QED) is 0.876. The highest BCUT2D eigenvalue weighted by Gasteiger charge is 2.19. The lowest BCUT2D eigenvalue weighted by Gasteiger charge is -2.11. The molecule has 0 amide bonds. The van der Waals surface area contributed by atoms with Crippen molar-refractivity contribution in [2.45, 2.75) is 21.6 Å². The Morgan fingerprint density at radius 3 is 2.45 bits per heavy atom. The number of benzene rings is 2. The summed E-state index contributed by atoms with van der Waals surface area (Å²) in [6.45, 7) is 1.80. The number of carboxylic acid groups (broad SMARTS) is 1. The number of rotatable bonds is 5. The Morgan fingerprint density at radius 2 is 1.82 bits per heavy atom. The van der Waals surface area contributed by atoms with Crippen LogP contribution in [0, 0.1) is 6.92 Å². The first-order valence-electron chi connectivity index (χ1n) is 6.39. The van der Waals surface area contributed by atoms with Crippen molar-refractivity contribution in [3.05, 3.63) is 53.6 Å². The van der Waals surface area contributed by atoms with Gasteiger partial charge in [-0.05, 0) is 43.8 Å². The van der Waals surface area contributed by atoms with Crippen molar-refractivity contribution in [2.24, 2.45) is 0 Å². The van der Waals surface area contributed by atoms with Crippen LogP contribution in [0.15, 0.2) is 57.2 Å². The Balaban J connectivity index is 2.54. The molecule has 22 heavy (non-hydrogen) atoms. The summed E-state index contributed by atoms with van der Waals surface area (Å²) in [6.07, 6.45) is 0. The van der Waals surface area contributed by atoms with Crippen LogP contribution in [0.1, 0.15) is 15.9 Å². The third-order valence-corrected chi connectivity index (χ3v) is 5.73. The van der Waals surface area contributed by atoms with Gasteiger partial charge < -0.3 is 5.11 Å². The van der Waals surface area contributed by atoms with Gasteiger partial charge in [0, 0.05) is 9.79 Å². The van der Waals surface area contributed by atoms with Crippen LogP contribution in [-0.2, 0) is 10.0 Å². The summed E-state index contributed by atoms with van der Waals surface area (Å²) < 4.78 is 26.6. The van der Waals surface area contributed by atoms with E-state index in [0.29, 0.717) is 9.79 Å². The topological polar surface area (TPSA) is 83.5 Å². The van der Waals surface area contributed by atoms with Crippen LogP contribution in [0.2, 0.25) is 0 Å². The maximum atomic E-state index is 12.1. The summed E-state index contributed by atoms with van der Waals surface area (Å²) in [4.78, 5) is 12.4. The molecule has 2 aromatic carbocycles. The van der Waals surface area contributed by atoms with Gasteiger partial charge in [0.25, 0.3) is 0 Å². The van der Waals surface area contributed by atoms with Crippen molar-refractivity contribution in [3.8, 4) is 0 Å². The normalized spacial score (nSPS) is 11.4. The van der Waals surface area contributed by atoms with E-state index in [1.54, 1.807) is 43.3 Å². The predicted octanol–water partition coefficient (Wildman–Crippen LogP) is 2.75. The Hall–Kier alpha value is -1.83. The smallest absolute Gasteiger partial charge is 0.336 e. The van der Waals surface area contributed by atoms with Crippen LogP contribution in [0.5, 0.6) is 0 Å². The lowest BCUT2D eigenvalue weighted by molar-refractivity contribution is 0.0693. The summed E-state index contributed by atoms with van der Waals surface area (Å²) in [5.41, 5.74) is 0.950. The molecule has 7 heteroatoms. The second-order valence-corrected chi connectivity index (χ2v) is 7.50. The van der Waals surface area contributed by atoms with Gasteiger partial charge in [-0.1, -0.05) is 30.0 Å². The molecule has 0 unspecified atom stereocenters. The Bertz CT molecular complexity index is 816. The van der Waals surface area contributed by atoms with Gasteiger partial charge >= 0.3 is 5.97 Å². The minimum Gasteiger partial charge on any atom is -0.478 e. The van der Waals surface area contributed by atoms with Gasteiger partial charge in [0.05, 0.1) is 10.5 Å². The number of sulfonamides is 1. The van der Waals surface area contributed by atoms with Gasteiger partial charge in [0.1, 0.15) is 0 Å². The molecule has 0 radical (unpaired) electrons. The molecule has 0 bridgehead atoms. The number of aryl methyl sites for hydroxylation is 1. The van der Waals surface area contributed by atoms with Gasteiger partial charge in [-0.3, -0.25) is 0 Å². The number of hydrogen-bond acceptors (Lipinski definition) is 4. The van der Waals surface area contributed by atoms with E-state index in [4.69, 9.17) is 0 Å². The maximum Gasteiger partial charge on any atom is 0.336 e. The minimum absolute atomic E-state index is 0.139. The molecule has 0 atom stereocenters. The molecule has 0 heterocycles. The fourth-order valence-corrected chi connectivity index (χ4v) is 4.16. The third kappa shape index (κ3) is 3.49. The Labute approximate surface area is 133 Å². The lowest BCUT2D eigenvalue weighted by atomic mass is 10.2. The van der Waals surface area contributed by atoms with E-state index in [-0.39, 0.29) is 10.5 Å². The van der Waals surface area contributed by atoms with E-state index in [1.807, 2.05) is 0 Å². The van der Waals surface area contributed by atoms with Crippen molar-refractivity contribution in [1.82, 2.24) is 4.72 Å². The highest BCUT2D eigenvalue weighted by atomic mass is 32.2. The van der Waals surface area contributed by atoms with Crippen LogP contribution in [0.3, 0.4) is 0 Å². The molecule has 5 nitrogen and oxygen atoms in total. The SMILES string of the molecule is CNS(=O)(=O)c1cc(C)ccc1Sc1ccccc1C(=O)O. The first-order valence-corrected chi connectivity index (χ1v) is 8.69. The van der Waals surface area contributed by atoms with Gasteiger partial charge in [0.15, 0.2) is 0 Å². The number of carbonyl (C=O) groups is 1. The summed E-state index contributed by atoms with van der Waals surface area (Å²) in [5.74, 6) is -1.05. The number of carboxylic acids is 1. The number of hydrogen-bond donors (Lipinski definition) is 2. The van der Waals surface area contributed by atoms with Crippen LogP contribution in [0.4, 0.5) is 0 Å². The molecule has 0 aliphatic heterocycles. The molecule has 0 saturated heterocycles. The van der Waals surface area contributed by atoms with E-state index < -0.39 is 16.0 Å². The lowest BCUT2D eigenvalue weighted by Crippen LogP contribution is -2.19.